The molecule has 2 fully saturated rings. The van der Waals surface area contributed by atoms with Crippen LogP contribution in [0.5, 0.6) is 0 Å². The number of hydrogen-bond donors (Lipinski definition) is 1. The largest absolute Gasteiger partial charge is 0.325 e. The van der Waals surface area contributed by atoms with Gasteiger partial charge < -0.3 is 5.32 Å². The zero-order valence-electron chi connectivity index (χ0n) is 20.5. The molecule has 3 aromatic rings. The number of carbonyl (C=O) groups is 1. The highest BCUT2D eigenvalue weighted by molar-refractivity contribution is 8.00. The zero-order valence-corrected chi connectivity index (χ0v) is 22.1. The molecular formula is C29H32N2O2S2. The molecule has 2 heterocycles. The normalized spacial score (nSPS) is 26.9. The van der Waals surface area contributed by atoms with Crippen LogP contribution in [0.1, 0.15) is 62.0 Å². The summed E-state index contributed by atoms with van der Waals surface area (Å²) in [5, 5.41) is 4.51. The van der Waals surface area contributed by atoms with Crippen molar-refractivity contribution in [3.05, 3.63) is 80.3 Å². The Morgan fingerprint density at radius 2 is 1.74 bits per heavy atom. The van der Waals surface area contributed by atoms with E-state index in [9.17, 15) is 9.59 Å². The number of amides is 1. The number of benzene rings is 2. The van der Waals surface area contributed by atoms with Gasteiger partial charge in [0.25, 0.3) is 0 Å². The molecule has 6 heteroatoms. The average molecular weight is 505 g/mol. The van der Waals surface area contributed by atoms with Gasteiger partial charge in [0.2, 0.25) is 5.91 Å². The topological polar surface area (TPSA) is 51.1 Å². The van der Waals surface area contributed by atoms with Crippen molar-refractivity contribution in [2.75, 3.05) is 5.32 Å². The minimum absolute atomic E-state index is 0.0191. The number of carbonyl (C=O) groups excluding carboxylic acids is 1. The zero-order chi connectivity index (χ0) is 24.3. The Morgan fingerprint density at radius 3 is 2.46 bits per heavy atom. The van der Waals surface area contributed by atoms with Gasteiger partial charge in [-0.15, -0.1) is 11.8 Å². The van der Waals surface area contributed by atoms with Gasteiger partial charge in [0, 0.05) is 21.7 Å². The van der Waals surface area contributed by atoms with Gasteiger partial charge >= 0.3 is 4.87 Å². The van der Waals surface area contributed by atoms with Gasteiger partial charge in [-0.05, 0) is 65.7 Å². The summed E-state index contributed by atoms with van der Waals surface area (Å²) in [6, 6.07) is 18.6. The Hall–Kier alpha value is -2.31. The van der Waals surface area contributed by atoms with Gasteiger partial charge in [-0.3, -0.25) is 14.2 Å². The van der Waals surface area contributed by atoms with Crippen LogP contribution in [0.4, 0.5) is 5.69 Å². The van der Waals surface area contributed by atoms with E-state index in [2.05, 4.69) is 50.4 Å². The molecule has 1 amide bonds. The van der Waals surface area contributed by atoms with Crippen molar-refractivity contribution in [1.29, 1.82) is 0 Å². The number of para-hydroxylation sites is 1. The first-order valence-electron chi connectivity index (χ1n) is 12.6. The molecule has 0 unspecified atom stereocenters. The molecular weight excluding hydrogens is 472 g/mol. The van der Waals surface area contributed by atoms with Crippen LogP contribution in [0.15, 0.2) is 64.4 Å². The first-order chi connectivity index (χ1) is 16.8. The van der Waals surface area contributed by atoms with E-state index in [1.165, 1.54) is 46.6 Å². The van der Waals surface area contributed by atoms with Gasteiger partial charge in [-0.1, -0.05) is 74.6 Å². The van der Waals surface area contributed by atoms with E-state index in [1.54, 1.807) is 4.57 Å². The fourth-order valence-corrected chi connectivity index (χ4v) is 9.67. The maximum absolute atomic E-state index is 13.2. The molecule has 1 aliphatic heterocycles. The van der Waals surface area contributed by atoms with Crippen molar-refractivity contribution in [3.8, 4) is 0 Å². The third kappa shape index (κ3) is 4.09. The third-order valence-corrected chi connectivity index (χ3v) is 11.0. The standard InChI is InChI=1S/C29H32N2O2S2/c1-29(2,3)20-13-11-17(12-14-20)23-24-18-9-10-19(15-18)25(24)34-27-26(23)35-28(33)31(27)16-22(32)30-21-7-5-4-6-8-21/h4-8,11-14,18-19,23-25H,9-10,15-16H2,1-3H3,(H,30,32)/t18-,19-,23-,24-,25+/m0/s1. The Bertz CT molecular complexity index is 1300. The Labute approximate surface area is 215 Å². The summed E-state index contributed by atoms with van der Waals surface area (Å²) in [5.41, 5.74) is 3.53. The number of hydrogen-bond acceptors (Lipinski definition) is 4. The molecule has 35 heavy (non-hydrogen) atoms. The van der Waals surface area contributed by atoms with E-state index in [1.807, 2.05) is 42.1 Å². The highest BCUT2D eigenvalue weighted by atomic mass is 32.2. The summed E-state index contributed by atoms with van der Waals surface area (Å²) in [6.45, 7) is 6.80. The SMILES string of the molecule is CC(C)(C)c1ccc([C@@H]2c3sc(=O)n(CC(=O)Nc4ccccc4)c3S[C@@H]3[C@H]4CC[C@@H](C4)[C@@H]23)cc1. The molecule has 2 saturated carbocycles. The smallest absolute Gasteiger partial charge is 0.308 e. The number of nitrogens with one attached hydrogen (secondary N) is 1. The van der Waals surface area contributed by atoms with E-state index in [0.717, 1.165) is 22.5 Å². The maximum Gasteiger partial charge on any atom is 0.308 e. The quantitative estimate of drug-likeness (QED) is 0.441. The summed E-state index contributed by atoms with van der Waals surface area (Å²) in [5.74, 6) is 2.14. The lowest BCUT2D eigenvalue weighted by Gasteiger charge is -2.40. The van der Waals surface area contributed by atoms with Crippen molar-refractivity contribution in [2.24, 2.45) is 17.8 Å². The first-order valence-corrected chi connectivity index (χ1v) is 14.3. The van der Waals surface area contributed by atoms with Crippen molar-refractivity contribution in [3.63, 3.8) is 0 Å². The molecule has 3 aliphatic rings. The number of thioether (sulfide) groups is 1. The van der Waals surface area contributed by atoms with Gasteiger partial charge in [0.05, 0.1) is 5.03 Å². The molecule has 2 aliphatic carbocycles. The van der Waals surface area contributed by atoms with Crippen molar-refractivity contribution in [2.45, 2.75) is 68.2 Å². The highest BCUT2D eigenvalue weighted by Gasteiger charge is 2.55. The molecule has 1 aromatic heterocycles. The summed E-state index contributed by atoms with van der Waals surface area (Å²) in [4.78, 5) is 27.3. The van der Waals surface area contributed by atoms with E-state index < -0.39 is 0 Å². The summed E-state index contributed by atoms with van der Waals surface area (Å²) >= 11 is 3.25. The Morgan fingerprint density at radius 1 is 1.03 bits per heavy atom. The maximum atomic E-state index is 13.2. The van der Waals surface area contributed by atoms with E-state index in [-0.39, 0.29) is 28.7 Å². The molecule has 2 aromatic carbocycles. The van der Waals surface area contributed by atoms with Crippen molar-refractivity contribution in [1.82, 2.24) is 4.57 Å². The number of anilines is 1. The summed E-state index contributed by atoms with van der Waals surface area (Å²) in [7, 11) is 0. The lowest BCUT2D eigenvalue weighted by atomic mass is 9.74. The third-order valence-electron chi connectivity index (χ3n) is 8.19. The molecule has 2 bridgehead atoms. The van der Waals surface area contributed by atoms with Crippen LogP contribution in [0.3, 0.4) is 0 Å². The second-order valence-corrected chi connectivity index (χ2v) is 13.5. The second kappa shape index (κ2) is 8.67. The monoisotopic (exact) mass is 504 g/mol. The minimum Gasteiger partial charge on any atom is -0.325 e. The molecule has 1 N–H and O–H groups in total. The van der Waals surface area contributed by atoms with Crippen LogP contribution < -0.4 is 10.2 Å². The molecule has 6 rings (SSSR count). The Kier molecular flexibility index (Phi) is 5.72. The van der Waals surface area contributed by atoms with Gasteiger partial charge in [-0.2, -0.15) is 0 Å². The molecule has 0 saturated heterocycles. The van der Waals surface area contributed by atoms with Gasteiger partial charge in [0.15, 0.2) is 0 Å². The minimum atomic E-state index is -0.152. The molecule has 4 nitrogen and oxygen atoms in total. The lowest BCUT2D eigenvalue weighted by molar-refractivity contribution is -0.116. The van der Waals surface area contributed by atoms with Gasteiger partial charge in [-0.25, -0.2) is 0 Å². The summed E-state index contributed by atoms with van der Waals surface area (Å²) in [6.07, 6.45) is 3.92. The average Bonchev–Trinajstić information content (AvgIpc) is 3.52. The summed E-state index contributed by atoms with van der Waals surface area (Å²) < 4.78 is 1.74. The second-order valence-electron chi connectivity index (χ2n) is 11.4. The van der Waals surface area contributed by atoms with Crippen LogP contribution >= 0.6 is 23.1 Å². The number of nitrogens with zero attached hydrogens (tertiary/aromatic N) is 1. The molecule has 182 valence electrons. The van der Waals surface area contributed by atoms with Crippen molar-refractivity contribution < 1.29 is 4.79 Å². The van der Waals surface area contributed by atoms with E-state index >= 15 is 0 Å². The van der Waals surface area contributed by atoms with Crippen LogP contribution in [-0.2, 0) is 16.8 Å². The van der Waals surface area contributed by atoms with E-state index in [0.29, 0.717) is 11.2 Å². The predicted molar refractivity (Wildman–Crippen MR) is 145 cm³/mol. The number of aromatic nitrogens is 1. The van der Waals surface area contributed by atoms with Crippen LogP contribution in [0.2, 0.25) is 0 Å². The lowest BCUT2D eigenvalue weighted by Crippen LogP contribution is -2.35. The fraction of sp³-hybridized carbons (Fsp3) is 0.448. The highest BCUT2D eigenvalue weighted by Crippen LogP contribution is 2.64. The van der Waals surface area contributed by atoms with E-state index in [4.69, 9.17) is 0 Å². The number of rotatable bonds is 4. The van der Waals surface area contributed by atoms with Crippen molar-refractivity contribution >= 4 is 34.7 Å². The predicted octanol–water partition coefficient (Wildman–Crippen LogP) is 6.50. The van der Waals surface area contributed by atoms with Gasteiger partial charge in [0.1, 0.15) is 6.54 Å². The number of thiazole rings is 1. The van der Waals surface area contributed by atoms with Crippen LogP contribution in [0, 0.1) is 17.8 Å². The van der Waals surface area contributed by atoms with Crippen LogP contribution in [0.25, 0.3) is 0 Å². The fourth-order valence-electron chi connectivity index (χ4n) is 6.52. The number of fused-ring (bicyclic) bond motifs is 6. The molecule has 5 atom stereocenters. The first kappa shape index (κ1) is 23.1. The Balaban J connectivity index is 1.37. The molecule has 0 spiro atoms. The van der Waals surface area contributed by atoms with Crippen LogP contribution in [-0.4, -0.2) is 15.7 Å². The molecule has 0 radical (unpaired) electrons.